The molecule has 35 heavy (non-hydrogen) atoms. The number of methoxy groups -OCH3 is 1. The van der Waals surface area contributed by atoms with Crippen molar-refractivity contribution in [1.29, 1.82) is 5.26 Å². The van der Waals surface area contributed by atoms with E-state index < -0.39 is 0 Å². The second kappa shape index (κ2) is 10.6. The van der Waals surface area contributed by atoms with E-state index in [1.807, 2.05) is 80.6 Å². The number of carbonyl (C=O) groups is 1. The first-order valence-electron chi connectivity index (χ1n) is 11.3. The molecule has 0 bridgehead atoms. The lowest BCUT2D eigenvalue weighted by molar-refractivity contribution is 0.0950. The first-order valence-corrected chi connectivity index (χ1v) is 12.1. The van der Waals surface area contributed by atoms with E-state index >= 15 is 0 Å². The Morgan fingerprint density at radius 1 is 1.11 bits per heavy atom. The molecule has 1 heterocycles. The molecule has 176 valence electrons. The van der Waals surface area contributed by atoms with Gasteiger partial charge in [0.25, 0.3) is 5.91 Å². The number of allylic oxidation sites excluding steroid dienone is 1. The Bertz CT molecular complexity index is 1430. The fourth-order valence-electron chi connectivity index (χ4n) is 3.78. The number of nitrogens with one attached hydrogen (secondary N) is 1. The summed E-state index contributed by atoms with van der Waals surface area (Å²) in [4.78, 5) is 13.2. The molecule has 4 rings (SSSR count). The van der Waals surface area contributed by atoms with Crippen LogP contribution in [0.3, 0.4) is 0 Å². The molecule has 0 aliphatic rings. The van der Waals surface area contributed by atoms with Crippen LogP contribution in [0.1, 0.15) is 35.3 Å². The van der Waals surface area contributed by atoms with Gasteiger partial charge in [0.15, 0.2) is 11.3 Å². The summed E-state index contributed by atoms with van der Waals surface area (Å²) < 4.78 is 12.6. The molecule has 0 atom stereocenters. The van der Waals surface area contributed by atoms with Gasteiger partial charge in [0, 0.05) is 22.0 Å². The molecule has 5 nitrogen and oxygen atoms in total. The van der Waals surface area contributed by atoms with Crippen molar-refractivity contribution in [3.05, 3.63) is 87.9 Å². The monoisotopic (exact) mass is 528 g/mol. The summed E-state index contributed by atoms with van der Waals surface area (Å²) in [7, 11) is 1.57. The van der Waals surface area contributed by atoms with Crippen molar-refractivity contribution < 1.29 is 13.9 Å². The van der Waals surface area contributed by atoms with E-state index in [2.05, 4.69) is 27.3 Å². The number of carbonyl (C=O) groups excluding carboxylic acids is 1. The molecule has 0 fully saturated rings. The van der Waals surface area contributed by atoms with Gasteiger partial charge in [0.1, 0.15) is 5.76 Å². The maximum absolute atomic E-state index is 13.2. The number of para-hydroxylation sites is 1. The second-order valence-corrected chi connectivity index (χ2v) is 9.46. The van der Waals surface area contributed by atoms with Crippen molar-refractivity contribution in [2.24, 2.45) is 5.92 Å². The Balaban J connectivity index is 1.76. The van der Waals surface area contributed by atoms with Crippen LogP contribution in [0.15, 0.2) is 75.6 Å². The number of benzene rings is 3. The number of ether oxygens (including phenoxy) is 1. The van der Waals surface area contributed by atoms with Crippen molar-refractivity contribution in [2.45, 2.75) is 13.8 Å². The zero-order valence-corrected chi connectivity index (χ0v) is 21.3. The third kappa shape index (κ3) is 5.31. The molecule has 1 aromatic heterocycles. The summed E-state index contributed by atoms with van der Waals surface area (Å²) in [5.74, 6) is 1.15. The Morgan fingerprint density at radius 2 is 1.83 bits per heavy atom. The molecule has 0 radical (unpaired) electrons. The van der Waals surface area contributed by atoms with E-state index in [4.69, 9.17) is 9.15 Å². The van der Waals surface area contributed by atoms with Gasteiger partial charge in [-0.25, -0.2) is 0 Å². The summed E-state index contributed by atoms with van der Waals surface area (Å²) in [6.45, 7) is 4.65. The minimum Gasteiger partial charge on any atom is -0.493 e. The standard InChI is InChI=1S/C29H25BrN2O3/c1-18(2)17-32-29(33)26-24-5-4-6-25(34-3)28(24)35-27(26)21-11-9-20(10-12-21)22(16-31)15-19-7-13-23(30)14-8-19/h4-15,18H,17H2,1-3H3,(H,32,33)/b22-15+. The average molecular weight is 529 g/mol. The van der Waals surface area contributed by atoms with Crippen LogP contribution in [-0.4, -0.2) is 19.6 Å². The number of hydrogen-bond acceptors (Lipinski definition) is 4. The highest BCUT2D eigenvalue weighted by atomic mass is 79.9. The maximum atomic E-state index is 13.2. The molecule has 1 amide bonds. The normalized spacial score (nSPS) is 11.5. The molecule has 0 aliphatic heterocycles. The van der Waals surface area contributed by atoms with Gasteiger partial charge < -0.3 is 14.5 Å². The van der Waals surface area contributed by atoms with Crippen LogP contribution in [0, 0.1) is 17.2 Å². The molecule has 1 N–H and O–H groups in total. The topological polar surface area (TPSA) is 75.3 Å². The Hall–Kier alpha value is -3.82. The van der Waals surface area contributed by atoms with Crippen LogP contribution in [-0.2, 0) is 0 Å². The van der Waals surface area contributed by atoms with Crippen LogP contribution in [0.25, 0.3) is 33.9 Å². The van der Waals surface area contributed by atoms with Gasteiger partial charge in [0.05, 0.1) is 24.3 Å². The molecular weight excluding hydrogens is 504 g/mol. The molecule has 0 saturated heterocycles. The Morgan fingerprint density at radius 3 is 2.46 bits per heavy atom. The van der Waals surface area contributed by atoms with Crippen LogP contribution in [0.2, 0.25) is 0 Å². The van der Waals surface area contributed by atoms with Crippen molar-refractivity contribution in [3.63, 3.8) is 0 Å². The largest absolute Gasteiger partial charge is 0.493 e. The lowest BCUT2D eigenvalue weighted by Gasteiger charge is -2.09. The smallest absolute Gasteiger partial charge is 0.255 e. The molecule has 4 aromatic rings. The van der Waals surface area contributed by atoms with Crippen molar-refractivity contribution in [2.75, 3.05) is 13.7 Å². The molecule has 0 unspecified atom stereocenters. The van der Waals surface area contributed by atoms with Crippen LogP contribution in [0.5, 0.6) is 5.75 Å². The minimum absolute atomic E-state index is 0.197. The highest BCUT2D eigenvalue weighted by molar-refractivity contribution is 9.10. The number of fused-ring (bicyclic) bond motifs is 1. The minimum atomic E-state index is -0.197. The molecule has 0 saturated carbocycles. The Kier molecular flexibility index (Phi) is 7.38. The quantitative estimate of drug-likeness (QED) is 0.201. The number of rotatable bonds is 7. The van der Waals surface area contributed by atoms with Crippen molar-refractivity contribution in [3.8, 4) is 23.1 Å². The lowest BCUT2D eigenvalue weighted by Crippen LogP contribution is -2.27. The third-order valence-electron chi connectivity index (χ3n) is 5.56. The summed E-state index contributed by atoms with van der Waals surface area (Å²) in [6, 6.07) is 23.0. The van der Waals surface area contributed by atoms with E-state index in [-0.39, 0.29) is 5.91 Å². The van der Waals surface area contributed by atoms with E-state index in [0.29, 0.717) is 46.1 Å². The zero-order valence-electron chi connectivity index (χ0n) is 19.8. The Labute approximate surface area is 213 Å². The summed E-state index contributed by atoms with van der Waals surface area (Å²) >= 11 is 3.43. The predicted molar refractivity (Wildman–Crippen MR) is 143 cm³/mol. The summed E-state index contributed by atoms with van der Waals surface area (Å²) in [5, 5.41) is 13.4. The fourth-order valence-corrected chi connectivity index (χ4v) is 4.04. The molecular formula is C29H25BrN2O3. The van der Waals surface area contributed by atoms with Gasteiger partial charge in [-0.3, -0.25) is 4.79 Å². The molecule has 0 aliphatic carbocycles. The van der Waals surface area contributed by atoms with E-state index in [1.165, 1.54) is 0 Å². The SMILES string of the molecule is COc1cccc2c(C(=O)NCC(C)C)c(-c3ccc(/C(C#N)=C/c4ccc(Br)cc4)cc3)oc12. The van der Waals surface area contributed by atoms with Crippen LogP contribution >= 0.6 is 15.9 Å². The first-order chi connectivity index (χ1) is 16.9. The van der Waals surface area contributed by atoms with Crippen molar-refractivity contribution >= 4 is 44.5 Å². The van der Waals surface area contributed by atoms with E-state index in [0.717, 1.165) is 21.2 Å². The fraction of sp³-hybridized carbons (Fsp3) is 0.172. The van der Waals surface area contributed by atoms with Crippen molar-refractivity contribution in [1.82, 2.24) is 5.32 Å². The number of furan rings is 1. The van der Waals surface area contributed by atoms with Gasteiger partial charge in [-0.2, -0.15) is 5.26 Å². The average Bonchev–Trinajstić information content (AvgIpc) is 3.27. The van der Waals surface area contributed by atoms with Gasteiger partial charge in [-0.15, -0.1) is 0 Å². The maximum Gasteiger partial charge on any atom is 0.255 e. The molecule has 6 heteroatoms. The van der Waals surface area contributed by atoms with Gasteiger partial charge in [-0.1, -0.05) is 78.3 Å². The van der Waals surface area contributed by atoms with Gasteiger partial charge in [-0.05, 0) is 41.3 Å². The number of nitriles is 1. The first kappa shape index (κ1) is 24.3. The zero-order chi connectivity index (χ0) is 24.9. The third-order valence-corrected chi connectivity index (χ3v) is 6.09. The summed E-state index contributed by atoms with van der Waals surface area (Å²) in [5.41, 5.74) is 3.98. The highest BCUT2D eigenvalue weighted by Gasteiger charge is 2.24. The van der Waals surface area contributed by atoms with E-state index in [9.17, 15) is 10.1 Å². The number of nitrogens with zero attached hydrogens (tertiary/aromatic N) is 1. The lowest BCUT2D eigenvalue weighted by atomic mass is 9.99. The van der Waals surface area contributed by atoms with Gasteiger partial charge in [0.2, 0.25) is 0 Å². The molecule has 0 spiro atoms. The number of amides is 1. The number of halogens is 1. The second-order valence-electron chi connectivity index (χ2n) is 8.55. The van der Waals surface area contributed by atoms with Crippen LogP contribution < -0.4 is 10.1 Å². The summed E-state index contributed by atoms with van der Waals surface area (Å²) in [6.07, 6.45) is 1.85. The predicted octanol–water partition coefficient (Wildman–Crippen LogP) is 7.32. The van der Waals surface area contributed by atoms with Crippen LogP contribution in [0.4, 0.5) is 0 Å². The molecule has 3 aromatic carbocycles. The van der Waals surface area contributed by atoms with Gasteiger partial charge >= 0.3 is 0 Å². The van der Waals surface area contributed by atoms with E-state index in [1.54, 1.807) is 13.2 Å². The highest BCUT2D eigenvalue weighted by Crippen LogP contribution is 2.38. The number of hydrogen-bond donors (Lipinski definition) is 1.